The van der Waals surface area contributed by atoms with Gasteiger partial charge >= 0.3 is 0 Å². The molecule has 0 bridgehead atoms. The normalized spacial score (nSPS) is 17.3. The molecule has 0 radical (unpaired) electrons. The lowest BCUT2D eigenvalue weighted by Crippen LogP contribution is -2.27. The Morgan fingerprint density at radius 3 is 1.47 bits per heavy atom. The fourth-order valence-corrected chi connectivity index (χ4v) is 11.8. The number of thioether (sulfide) groups is 2. The molecule has 2 amide bonds. The van der Waals surface area contributed by atoms with Gasteiger partial charge in [0.15, 0.2) is 10.0 Å². The average molecular weight is 868 g/mol. The molecule has 16 heteroatoms. The second-order valence-electron chi connectivity index (χ2n) is 13.8. The highest BCUT2D eigenvalue weighted by Crippen LogP contribution is 2.47. The standard InChI is InChI=1S/C41H28Cl2N6O4S4/c1-20-16-52-34-28(20)12-22(14-30(34)36-44-46-40(56-36)48-32(50)18-54-38(48)24-3-7-26(42)8-4-24)11-23-13-29-21(2)17-53-35(29)31(15-23)37-45-47-41(57-37)49-33(51)19-55-39(49)25-5-9-27(43)10-6-25/h3-10,12-17,38-39H,11,18-19H2,1-2H3. The number of halogens is 2. The van der Waals surface area contributed by atoms with Crippen molar-refractivity contribution >= 4 is 113 Å². The summed E-state index contributed by atoms with van der Waals surface area (Å²) >= 11 is 18.2. The molecular formula is C41H28Cl2N6O4S4. The maximum Gasteiger partial charge on any atom is 0.240 e. The predicted molar refractivity (Wildman–Crippen MR) is 231 cm³/mol. The maximum atomic E-state index is 13.2. The van der Waals surface area contributed by atoms with E-state index in [9.17, 15) is 9.59 Å². The van der Waals surface area contributed by atoms with E-state index in [4.69, 9.17) is 32.0 Å². The maximum absolute atomic E-state index is 13.2. The van der Waals surface area contributed by atoms with Crippen molar-refractivity contribution in [1.82, 2.24) is 20.4 Å². The van der Waals surface area contributed by atoms with E-state index in [2.05, 4.69) is 44.7 Å². The molecule has 2 atom stereocenters. The fourth-order valence-electron chi connectivity index (χ4n) is 7.25. The lowest BCUT2D eigenvalue weighted by atomic mass is 9.97. The largest absolute Gasteiger partial charge is 0.463 e. The number of fused-ring (bicyclic) bond motifs is 2. The molecule has 2 saturated heterocycles. The Hall–Kier alpha value is -4.70. The zero-order valence-corrected chi connectivity index (χ0v) is 34.8. The highest BCUT2D eigenvalue weighted by atomic mass is 35.5. The second-order valence-corrected chi connectivity index (χ2v) is 18.7. The van der Waals surface area contributed by atoms with E-state index in [1.165, 1.54) is 22.7 Å². The molecule has 10 nitrogen and oxygen atoms in total. The number of benzene rings is 4. The van der Waals surface area contributed by atoms with E-state index in [0.717, 1.165) is 55.3 Å². The smallest absolute Gasteiger partial charge is 0.240 e. The number of carbonyl (C=O) groups is 2. The zero-order valence-electron chi connectivity index (χ0n) is 30.1. The monoisotopic (exact) mass is 866 g/mol. The molecule has 10 rings (SSSR count). The highest BCUT2D eigenvalue weighted by molar-refractivity contribution is 8.01. The summed E-state index contributed by atoms with van der Waals surface area (Å²) in [4.78, 5) is 29.9. The van der Waals surface area contributed by atoms with Gasteiger partial charge in [0, 0.05) is 20.8 Å². The third-order valence-corrected chi connectivity index (χ3v) is 14.9. The molecule has 284 valence electrons. The summed E-state index contributed by atoms with van der Waals surface area (Å²) in [5.74, 6) is 0.649. The summed E-state index contributed by atoms with van der Waals surface area (Å²) in [7, 11) is 0. The minimum absolute atomic E-state index is 0.0222. The van der Waals surface area contributed by atoms with Gasteiger partial charge in [0.25, 0.3) is 0 Å². The number of anilines is 2. The fraction of sp³-hybridized carbons (Fsp3) is 0.171. The van der Waals surface area contributed by atoms with Gasteiger partial charge in [-0.3, -0.25) is 19.4 Å². The van der Waals surface area contributed by atoms with Crippen LogP contribution in [0.5, 0.6) is 0 Å². The van der Waals surface area contributed by atoms with Crippen molar-refractivity contribution < 1.29 is 18.4 Å². The van der Waals surface area contributed by atoms with Crippen LogP contribution in [0.15, 0.2) is 94.2 Å². The Balaban J connectivity index is 0.995. The van der Waals surface area contributed by atoms with Crippen LogP contribution in [0.2, 0.25) is 10.0 Å². The van der Waals surface area contributed by atoms with E-state index < -0.39 is 0 Å². The van der Waals surface area contributed by atoms with Crippen LogP contribution in [-0.4, -0.2) is 43.7 Å². The molecule has 0 saturated carbocycles. The lowest BCUT2D eigenvalue weighted by molar-refractivity contribution is -0.116. The van der Waals surface area contributed by atoms with Crippen LogP contribution in [0.25, 0.3) is 43.1 Å². The van der Waals surface area contributed by atoms with Crippen LogP contribution in [-0.2, 0) is 16.0 Å². The van der Waals surface area contributed by atoms with Crippen LogP contribution in [0.4, 0.5) is 10.3 Å². The van der Waals surface area contributed by atoms with Gasteiger partial charge in [-0.2, -0.15) is 0 Å². The molecule has 2 aliphatic rings. The number of rotatable bonds is 8. The first-order valence-electron chi connectivity index (χ1n) is 17.8. The molecule has 8 aromatic rings. The van der Waals surface area contributed by atoms with Gasteiger partial charge in [-0.15, -0.1) is 43.9 Å². The Labute approximate surface area is 352 Å². The molecular weight excluding hydrogens is 840 g/mol. The van der Waals surface area contributed by atoms with Crippen LogP contribution in [0.1, 0.15) is 44.1 Å². The number of amides is 2. The first kappa shape index (κ1) is 36.6. The van der Waals surface area contributed by atoms with Crippen LogP contribution < -0.4 is 9.80 Å². The van der Waals surface area contributed by atoms with Gasteiger partial charge < -0.3 is 8.83 Å². The van der Waals surface area contributed by atoms with Crippen molar-refractivity contribution in [3.05, 3.63) is 129 Å². The summed E-state index contributed by atoms with van der Waals surface area (Å²) in [6.45, 7) is 4.05. The van der Waals surface area contributed by atoms with Gasteiger partial charge in [0.1, 0.15) is 21.9 Å². The Kier molecular flexibility index (Phi) is 9.38. The molecule has 2 aliphatic heterocycles. The molecule has 4 aromatic heterocycles. The number of hydrogen-bond donors (Lipinski definition) is 0. The molecule has 0 aliphatic carbocycles. The van der Waals surface area contributed by atoms with Gasteiger partial charge in [-0.05, 0) is 102 Å². The molecule has 0 spiro atoms. The number of aryl methyl sites for hydroxylation is 2. The Bertz CT molecular complexity index is 2680. The van der Waals surface area contributed by atoms with Crippen molar-refractivity contribution in [2.24, 2.45) is 0 Å². The summed E-state index contributed by atoms with van der Waals surface area (Å²) in [6, 6.07) is 23.6. The van der Waals surface area contributed by atoms with Crippen LogP contribution >= 0.6 is 69.4 Å². The van der Waals surface area contributed by atoms with E-state index >= 15 is 0 Å². The number of furan rings is 2. The van der Waals surface area contributed by atoms with Gasteiger partial charge in [-0.1, -0.05) is 70.1 Å². The predicted octanol–water partition coefficient (Wildman–Crippen LogP) is 11.3. The third-order valence-electron chi connectivity index (χ3n) is 10.0. The zero-order chi connectivity index (χ0) is 38.9. The first-order valence-corrected chi connectivity index (χ1v) is 22.2. The summed E-state index contributed by atoms with van der Waals surface area (Å²) in [6.07, 6.45) is 4.09. The Morgan fingerprint density at radius 1 is 0.632 bits per heavy atom. The summed E-state index contributed by atoms with van der Waals surface area (Å²) < 4.78 is 12.2. The van der Waals surface area contributed by atoms with Gasteiger partial charge in [-0.25, -0.2) is 0 Å². The van der Waals surface area contributed by atoms with Crippen molar-refractivity contribution in [3.63, 3.8) is 0 Å². The Morgan fingerprint density at radius 2 is 1.05 bits per heavy atom. The summed E-state index contributed by atoms with van der Waals surface area (Å²) in [5, 5.41) is 23.4. The molecule has 2 unspecified atom stereocenters. The molecule has 6 heterocycles. The van der Waals surface area contributed by atoms with Crippen molar-refractivity contribution in [3.8, 4) is 21.1 Å². The van der Waals surface area contributed by atoms with E-state index in [1.807, 2.05) is 62.4 Å². The van der Waals surface area contributed by atoms with E-state index in [1.54, 1.807) is 45.8 Å². The van der Waals surface area contributed by atoms with E-state index in [-0.39, 0.29) is 22.6 Å². The quantitative estimate of drug-likeness (QED) is 0.146. The first-order chi connectivity index (χ1) is 27.7. The third kappa shape index (κ3) is 6.61. The SMILES string of the molecule is Cc1coc2c(-c3nnc(N4C(=O)CSC4c4ccc(Cl)cc4)s3)cc(Cc3cc(-c4nnc(N5C(=O)CSC5c5ccc(Cl)cc5)s4)c4occ(C)c4c3)cc12. The van der Waals surface area contributed by atoms with Gasteiger partial charge in [0.2, 0.25) is 22.1 Å². The molecule has 2 fully saturated rings. The van der Waals surface area contributed by atoms with Crippen molar-refractivity contribution in [1.29, 1.82) is 0 Å². The number of nitrogens with zero attached hydrogens (tertiary/aromatic N) is 6. The van der Waals surface area contributed by atoms with Crippen molar-refractivity contribution in [2.75, 3.05) is 21.3 Å². The van der Waals surface area contributed by atoms with Crippen LogP contribution in [0.3, 0.4) is 0 Å². The van der Waals surface area contributed by atoms with E-state index in [0.29, 0.717) is 59.4 Å². The lowest BCUT2D eigenvalue weighted by Gasteiger charge is -2.20. The highest BCUT2D eigenvalue weighted by Gasteiger charge is 2.38. The second kappa shape index (κ2) is 14.6. The van der Waals surface area contributed by atoms with Gasteiger partial charge in [0.05, 0.1) is 35.2 Å². The van der Waals surface area contributed by atoms with Crippen LogP contribution in [0, 0.1) is 13.8 Å². The topological polar surface area (TPSA) is 118 Å². The minimum atomic E-state index is -0.230. The van der Waals surface area contributed by atoms with Crippen molar-refractivity contribution in [2.45, 2.75) is 31.0 Å². The minimum Gasteiger partial charge on any atom is -0.463 e. The average Bonchev–Trinajstić information content (AvgIpc) is 4.08. The number of hydrogen-bond acceptors (Lipinski definition) is 12. The number of carbonyl (C=O) groups excluding carboxylic acids is 2. The molecule has 57 heavy (non-hydrogen) atoms. The molecule has 4 aromatic carbocycles. The molecule has 0 N–H and O–H groups in total. The number of aromatic nitrogens is 4. The summed E-state index contributed by atoms with van der Waals surface area (Å²) in [5.41, 5.74) is 9.06.